The second-order valence-corrected chi connectivity index (χ2v) is 4.78. The SMILES string of the molecule is Cc1ccc(C#Cc2cnc(C(=O)NCC(=O)O)c(O)c2)cc1. The zero-order chi connectivity index (χ0) is 16.8. The summed E-state index contributed by atoms with van der Waals surface area (Å²) in [5.41, 5.74) is 2.15. The number of carboxylic acid groups (broad SMARTS) is 1. The van der Waals surface area contributed by atoms with Crippen molar-refractivity contribution in [3.8, 4) is 17.6 Å². The number of aryl methyl sites for hydroxylation is 1. The lowest BCUT2D eigenvalue weighted by Crippen LogP contribution is -2.29. The highest BCUT2D eigenvalue weighted by atomic mass is 16.4. The molecule has 0 saturated heterocycles. The van der Waals surface area contributed by atoms with Gasteiger partial charge in [0, 0.05) is 17.3 Å². The molecule has 0 aliphatic heterocycles. The van der Waals surface area contributed by atoms with Crippen LogP contribution in [-0.2, 0) is 4.79 Å². The van der Waals surface area contributed by atoms with Crippen LogP contribution in [0, 0.1) is 18.8 Å². The molecule has 116 valence electrons. The predicted octanol–water partition coefficient (Wildman–Crippen LogP) is 1.31. The molecule has 0 atom stereocenters. The molecule has 1 amide bonds. The molecule has 0 saturated carbocycles. The molecule has 0 unspecified atom stereocenters. The first-order valence-electron chi connectivity index (χ1n) is 6.73. The monoisotopic (exact) mass is 310 g/mol. The highest BCUT2D eigenvalue weighted by molar-refractivity contribution is 5.96. The Kier molecular flexibility index (Phi) is 4.95. The molecule has 0 fully saturated rings. The van der Waals surface area contributed by atoms with Gasteiger partial charge < -0.3 is 15.5 Å². The van der Waals surface area contributed by atoms with E-state index in [1.54, 1.807) is 0 Å². The van der Waals surface area contributed by atoms with Crippen LogP contribution >= 0.6 is 0 Å². The normalized spacial score (nSPS) is 9.61. The molecular formula is C17H14N2O4. The molecule has 3 N–H and O–H groups in total. The first kappa shape index (κ1) is 16.0. The molecule has 1 heterocycles. The first-order valence-corrected chi connectivity index (χ1v) is 6.73. The third kappa shape index (κ3) is 4.58. The molecule has 0 radical (unpaired) electrons. The zero-order valence-electron chi connectivity index (χ0n) is 12.3. The van der Waals surface area contributed by atoms with Crippen molar-refractivity contribution in [2.45, 2.75) is 6.92 Å². The number of nitrogens with zero attached hydrogens (tertiary/aromatic N) is 1. The van der Waals surface area contributed by atoms with Gasteiger partial charge in [-0.15, -0.1) is 0 Å². The lowest BCUT2D eigenvalue weighted by atomic mass is 10.1. The summed E-state index contributed by atoms with van der Waals surface area (Å²) in [5.74, 6) is 3.46. The van der Waals surface area contributed by atoms with Crippen LogP contribution in [0.2, 0.25) is 0 Å². The molecule has 2 aromatic rings. The maximum absolute atomic E-state index is 11.7. The summed E-state index contributed by atoms with van der Waals surface area (Å²) in [6, 6.07) is 8.95. The topological polar surface area (TPSA) is 99.5 Å². The quantitative estimate of drug-likeness (QED) is 0.742. The number of benzene rings is 1. The fraction of sp³-hybridized carbons (Fsp3) is 0.118. The lowest BCUT2D eigenvalue weighted by molar-refractivity contribution is -0.135. The number of aliphatic carboxylic acids is 1. The molecule has 0 bridgehead atoms. The Bertz CT molecular complexity index is 802. The molecule has 2 rings (SSSR count). The smallest absolute Gasteiger partial charge is 0.322 e. The molecule has 0 aliphatic rings. The third-order valence-corrected chi connectivity index (χ3v) is 2.89. The minimum absolute atomic E-state index is 0.243. The number of hydrogen-bond acceptors (Lipinski definition) is 4. The number of hydrogen-bond donors (Lipinski definition) is 3. The van der Waals surface area contributed by atoms with E-state index in [9.17, 15) is 14.7 Å². The summed E-state index contributed by atoms with van der Waals surface area (Å²) in [5, 5.41) is 20.4. The second kappa shape index (κ2) is 7.09. The van der Waals surface area contributed by atoms with Gasteiger partial charge in [0.25, 0.3) is 5.91 Å². The van der Waals surface area contributed by atoms with Crippen LogP contribution in [0.3, 0.4) is 0 Å². The molecule has 6 heteroatoms. The summed E-state index contributed by atoms with van der Waals surface area (Å²) in [6.45, 7) is 1.43. The molecule has 0 spiro atoms. The molecule has 1 aromatic heterocycles. The zero-order valence-corrected chi connectivity index (χ0v) is 12.3. The van der Waals surface area contributed by atoms with Crippen LogP contribution in [-0.4, -0.2) is 33.6 Å². The number of rotatable bonds is 3. The van der Waals surface area contributed by atoms with Crippen molar-refractivity contribution in [2.24, 2.45) is 0 Å². The molecule has 1 aromatic carbocycles. The first-order chi connectivity index (χ1) is 11.0. The summed E-state index contributed by atoms with van der Waals surface area (Å²) >= 11 is 0. The van der Waals surface area contributed by atoms with Gasteiger partial charge in [0.1, 0.15) is 12.3 Å². The Morgan fingerprint density at radius 1 is 1.17 bits per heavy atom. The van der Waals surface area contributed by atoms with Gasteiger partial charge >= 0.3 is 5.97 Å². The maximum atomic E-state index is 11.7. The van der Waals surface area contributed by atoms with E-state index < -0.39 is 18.4 Å². The van der Waals surface area contributed by atoms with E-state index in [0.29, 0.717) is 5.56 Å². The van der Waals surface area contributed by atoms with Crippen molar-refractivity contribution < 1.29 is 19.8 Å². The summed E-state index contributed by atoms with van der Waals surface area (Å²) in [7, 11) is 0. The van der Waals surface area contributed by atoms with Crippen molar-refractivity contribution in [1.82, 2.24) is 10.3 Å². The van der Waals surface area contributed by atoms with E-state index in [-0.39, 0.29) is 11.4 Å². The van der Waals surface area contributed by atoms with E-state index in [0.717, 1.165) is 11.1 Å². The van der Waals surface area contributed by atoms with E-state index in [1.807, 2.05) is 31.2 Å². The Balaban J connectivity index is 2.15. The largest absolute Gasteiger partial charge is 0.505 e. The Morgan fingerprint density at radius 2 is 1.83 bits per heavy atom. The number of nitrogens with one attached hydrogen (secondary N) is 1. The standard InChI is InChI=1S/C17H14N2O4/c1-11-2-4-12(5-3-11)6-7-13-8-14(20)16(18-9-13)17(23)19-10-15(21)22/h2-5,8-9,20H,10H2,1H3,(H,19,23)(H,21,22). The van der Waals surface area contributed by atoms with Crippen LogP contribution in [0.25, 0.3) is 0 Å². The molecular weight excluding hydrogens is 296 g/mol. The number of aromatic hydroxyl groups is 1. The fourth-order valence-corrected chi connectivity index (χ4v) is 1.72. The van der Waals surface area contributed by atoms with Gasteiger partial charge in [0.15, 0.2) is 5.69 Å². The number of carbonyl (C=O) groups is 2. The molecule has 0 aliphatic carbocycles. The van der Waals surface area contributed by atoms with Crippen molar-refractivity contribution in [3.05, 3.63) is 58.9 Å². The minimum atomic E-state index is -1.18. The van der Waals surface area contributed by atoms with Crippen molar-refractivity contribution in [1.29, 1.82) is 0 Å². The van der Waals surface area contributed by atoms with E-state index in [4.69, 9.17) is 5.11 Å². The van der Waals surface area contributed by atoms with Gasteiger partial charge in [-0.05, 0) is 25.1 Å². The minimum Gasteiger partial charge on any atom is -0.505 e. The van der Waals surface area contributed by atoms with Crippen LogP contribution in [0.15, 0.2) is 36.5 Å². The highest BCUT2D eigenvalue weighted by Crippen LogP contribution is 2.15. The average molecular weight is 310 g/mol. The summed E-state index contributed by atoms with van der Waals surface area (Å²) in [4.78, 5) is 25.9. The van der Waals surface area contributed by atoms with Crippen LogP contribution in [0.5, 0.6) is 5.75 Å². The summed E-state index contributed by atoms with van der Waals surface area (Å²) in [6.07, 6.45) is 1.34. The van der Waals surface area contributed by atoms with Crippen LogP contribution in [0.4, 0.5) is 0 Å². The lowest BCUT2D eigenvalue weighted by Gasteiger charge is -2.04. The van der Waals surface area contributed by atoms with Crippen molar-refractivity contribution in [2.75, 3.05) is 6.54 Å². The van der Waals surface area contributed by atoms with Gasteiger partial charge in [0.05, 0.1) is 0 Å². The van der Waals surface area contributed by atoms with Crippen LogP contribution < -0.4 is 5.32 Å². The van der Waals surface area contributed by atoms with Crippen molar-refractivity contribution in [3.63, 3.8) is 0 Å². The van der Waals surface area contributed by atoms with Gasteiger partial charge in [-0.25, -0.2) is 4.98 Å². The Morgan fingerprint density at radius 3 is 2.43 bits per heavy atom. The Hall–Kier alpha value is -3.33. The van der Waals surface area contributed by atoms with E-state index in [2.05, 4.69) is 22.1 Å². The number of aromatic nitrogens is 1. The average Bonchev–Trinajstić information content (AvgIpc) is 2.52. The molecule has 23 heavy (non-hydrogen) atoms. The van der Waals surface area contributed by atoms with Gasteiger partial charge in [-0.1, -0.05) is 29.5 Å². The fourth-order valence-electron chi connectivity index (χ4n) is 1.72. The highest BCUT2D eigenvalue weighted by Gasteiger charge is 2.13. The number of carboxylic acids is 1. The second-order valence-electron chi connectivity index (χ2n) is 4.78. The number of carbonyl (C=O) groups excluding carboxylic acids is 1. The van der Waals surface area contributed by atoms with Gasteiger partial charge in [-0.2, -0.15) is 0 Å². The van der Waals surface area contributed by atoms with Gasteiger partial charge in [0.2, 0.25) is 0 Å². The van der Waals surface area contributed by atoms with Gasteiger partial charge in [-0.3, -0.25) is 9.59 Å². The summed E-state index contributed by atoms with van der Waals surface area (Å²) < 4.78 is 0. The predicted molar refractivity (Wildman–Crippen MR) is 83.0 cm³/mol. The van der Waals surface area contributed by atoms with Crippen molar-refractivity contribution >= 4 is 11.9 Å². The maximum Gasteiger partial charge on any atom is 0.322 e. The van der Waals surface area contributed by atoms with Crippen LogP contribution in [0.1, 0.15) is 27.2 Å². The van der Waals surface area contributed by atoms with E-state index >= 15 is 0 Å². The van der Waals surface area contributed by atoms with E-state index in [1.165, 1.54) is 12.3 Å². The molecule has 6 nitrogen and oxygen atoms in total. The third-order valence-electron chi connectivity index (χ3n) is 2.89. The number of amides is 1. The number of pyridine rings is 1. The Labute approximate surface area is 132 Å².